The van der Waals surface area contributed by atoms with E-state index in [0.29, 0.717) is 11.8 Å². The van der Waals surface area contributed by atoms with Gasteiger partial charge in [0, 0.05) is 5.92 Å². The van der Waals surface area contributed by atoms with Crippen molar-refractivity contribution in [3.8, 4) is 0 Å². The summed E-state index contributed by atoms with van der Waals surface area (Å²) in [5.41, 5.74) is -0.564. The Morgan fingerprint density at radius 2 is 1.27 bits per heavy atom. The quantitative estimate of drug-likeness (QED) is 0.488. The topological polar surface area (TPSA) is 29.5 Å². The molecule has 1 aliphatic carbocycles. The van der Waals surface area contributed by atoms with Gasteiger partial charge in [-0.05, 0) is 25.7 Å². The smallest absolute Gasteiger partial charge is 0.158 e. The zero-order chi connectivity index (χ0) is 20.8. The average molecular weight is 433 g/mol. The lowest BCUT2D eigenvalue weighted by molar-refractivity contribution is -0.0881. The lowest BCUT2D eigenvalue weighted by atomic mass is 9.71. The van der Waals surface area contributed by atoms with E-state index >= 15 is 0 Å². The van der Waals surface area contributed by atoms with Gasteiger partial charge in [-0.15, -0.1) is 0 Å². The van der Waals surface area contributed by atoms with Crippen LogP contribution in [0.15, 0.2) is 0 Å². The van der Waals surface area contributed by atoms with Gasteiger partial charge in [-0.3, -0.25) is 0 Å². The molecule has 0 heterocycles. The Morgan fingerprint density at radius 1 is 0.846 bits per heavy atom. The summed E-state index contributed by atoms with van der Waals surface area (Å²) in [5.74, 6) is 0.771. The first-order chi connectivity index (χ1) is 11.4. The molecule has 0 bridgehead atoms. The number of aliphatic hydroxyl groups is 1. The van der Waals surface area contributed by atoms with E-state index in [-0.39, 0.29) is 6.10 Å². The van der Waals surface area contributed by atoms with Gasteiger partial charge in [0.15, 0.2) is 6.87 Å². The predicted molar refractivity (Wildman–Crippen MR) is 128 cm³/mol. The highest BCUT2D eigenvalue weighted by Crippen LogP contribution is 2.44. The Kier molecular flexibility index (Phi) is 7.54. The van der Waals surface area contributed by atoms with E-state index < -0.39 is 35.2 Å². The van der Waals surface area contributed by atoms with E-state index in [1.807, 2.05) is 0 Å². The van der Waals surface area contributed by atoms with Crippen LogP contribution in [0.1, 0.15) is 46.5 Å². The van der Waals surface area contributed by atoms with Crippen LogP contribution in [-0.4, -0.2) is 46.5 Å². The van der Waals surface area contributed by atoms with E-state index in [0.717, 1.165) is 19.3 Å². The Bertz CT molecular complexity index is 434. The van der Waals surface area contributed by atoms with Crippen molar-refractivity contribution in [1.82, 2.24) is 0 Å². The standard InChI is InChI=1S/C20H48O2Si4/c1-17(2)19(18-15-13-14-16-20(18,3)21)22-26(23(4,5)6,24(7,8)9)25(10,11)12/h17-19,21H,13-16H2,1-12H3/t18-,19-,20-/m0/s1. The first kappa shape index (κ1) is 24.8. The molecule has 0 aromatic heterocycles. The number of hydrogen-bond acceptors (Lipinski definition) is 2. The summed E-state index contributed by atoms with van der Waals surface area (Å²) >= 11 is 0. The van der Waals surface area contributed by atoms with E-state index in [4.69, 9.17) is 4.43 Å². The highest BCUT2D eigenvalue weighted by Gasteiger charge is 2.65. The van der Waals surface area contributed by atoms with Crippen LogP contribution in [0.5, 0.6) is 0 Å². The van der Waals surface area contributed by atoms with Crippen LogP contribution in [0.25, 0.3) is 0 Å². The molecule has 0 unspecified atom stereocenters. The molecule has 3 atom stereocenters. The third kappa shape index (κ3) is 4.67. The molecule has 0 amide bonds. The third-order valence-corrected chi connectivity index (χ3v) is 74.3. The van der Waals surface area contributed by atoms with Crippen molar-refractivity contribution in [2.24, 2.45) is 11.8 Å². The van der Waals surface area contributed by atoms with Gasteiger partial charge >= 0.3 is 0 Å². The molecular formula is C20H48O2Si4. The molecule has 156 valence electrons. The maximum absolute atomic E-state index is 11.2. The molecule has 0 aromatic carbocycles. The summed E-state index contributed by atoms with van der Waals surface area (Å²) < 4.78 is 7.63. The molecule has 26 heavy (non-hydrogen) atoms. The van der Waals surface area contributed by atoms with Crippen molar-refractivity contribution in [3.05, 3.63) is 0 Å². The Balaban J connectivity index is 3.51. The van der Waals surface area contributed by atoms with E-state index in [1.54, 1.807) is 0 Å². The Morgan fingerprint density at radius 3 is 1.58 bits per heavy atom. The molecular weight excluding hydrogens is 385 g/mol. The second-order valence-electron chi connectivity index (χ2n) is 12.5. The lowest BCUT2D eigenvalue weighted by Crippen LogP contribution is -2.85. The van der Waals surface area contributed by atoms with Gasteiger partial charge < -0.3 is 9.53 Å². The summed E-state index contributed by atoms with van der Waals surface area (Å²) in [7, 11) is -4.40. The number of hydrogen-bond donors (Lipinski definition) is 1. The van der Waals surface area contributed by atoms with Gasteiger partial charge in [-0.2, -0.15) is 0 Å². The first-order valence-corrected chi connectivity index (χ1v) is 26.2. The van der Waals surface area contributed by atoms with Gasteiger partial charge in [0.1, 0.15) is 0 Å². The van der Waals surface area contributed by atoms with Gasteiger partial charge in [0.05, 0.1) is 34.5 Å². The largest absolute Gasteiger partial charge is 0.422 e. The fourth-order valence-electron chi connectivity index (χ4n) is 6.65. The lowest BCUT2D eigenvalue weighted by Gasteiger charge is -2.59. The molecule has 1 N–H and O–H groups in total. The first-order valence-electron chi connectivity index (χ1n) is 10.8. The van der Waals surface area contributed by atoms with Gasteiger partial charge in [0.25, 0.3) is 0 Å². The van der Waals surface area contributed by atoms with Crippen LogP contribution in [0.3, 0.4) is 0 Å². The predicted octanol–water partition coefficient (Wildman–Crippen LogP) is 6.16. The molecule has 0 radical (unpaired) electrons. The fraction of sp³-hybridized carbons (Fsp3) is 1.00. The van der Waals surface area contributed by atoms with Crippen molar-refractivity contribution in [2.45, 2.75) is 117 Å². The Hall–Kier alpha value is 0.788. The normalized spacial score (nSPS) is 27.7. The minimum absolute atomic E-state index is 0.224. The van der Waals surface area contributed by atoms with E-state index in [9.17, 15) is 5.11 Å². The average Bonchev–Trinajstić information content (AvgIpc) is 2.35. The number of rotatable bonds is 7. The molecule has 2 nitrogen and oxygen atoms in total. The van der Waals surface area contributed by atoms with Crippen LogP contribution >= 0.6 is 0 Å². The molecule has 6 heteroatoms. The molecule has 1 saturated carbocycles. The minimum atomic E-state index is -1.87. The maximum Gasteiger partial charge on any atom is 0.158 e. The summed E-state index contributed by atoms with van der Waals surface area (Å²) in [6, 6.07) is 0. The molecule has 1 rings (SSSR count). The molecule has 1 aliphatic rings. The van der Waals surface area contributed by atoms with Crippen LogP contribution in [-0.2, 0) is 4.43 Å². The molecule has 0 spiro atoms. The SMILES string of the molecule is CC(C)[C@H](O[Si]([Si](C)(C)C)([Si](C)(C)C)[Si](C)(C)C)[C@@H]1CCCC[C@]1(C)O. The highest BCUT2D eigenvalue weighted by molar-refractivity contribution is 7.87. The van der Waals surface area contributed by atoms with Crippen molar-refractivity contribution < 1.29 is 9.53 Å². The zero-order valence-electron chi connectivity index (χ0n) is 19.9. The summed E-state index contributed by atoms with van der Waals surface area (Å²) in [5, 5.41) is 11.2. The van der Waals surface area contributed by atoms with Crippen LogP contribution < -0.4 is 0 Å². The van der Waals surface area contributed by atoms with Crippen LogP contribution in [0.4, 0.5) is 0 Å². The fourth-order valence-corrected chi connectivity index (χ4v) is 101. The van der Waals surface area contributed by atoms with Gasteiger partial charge in [0.2, 0.25) is 0 Å². The zero-order valence-corrected chi connectivity index (χ0v) is 23.9. The van der Waals surface area contributed by atoms with Crippen molar-refractivity contribution in [1.29, 1.82) is 0 Å². The van der Waals surface area contributed by atoms with E-state index in [2.05, 4.69) is 79.7 Å². The minimum Gasteiger partial charge on any atom is -0.422 e. The van der Waals surface area contributed by atoms with Crippen LogP contribution in [0, 0.1) is 11.8 Å². The molecule has 0 aliphatic heterocycles. The van der Waals surface area contributed by atoms with Crippen molar-refractivity contribution in [3.63, 3.8) is 0 Å². The summed E-state index contributed by atoms with van der Waals surface area (Å²) in [6.45, 7) is 28.2. The summed E-state index contributed by atoms with van der Waals surface area (Å²) in [6.07, 6.45) is 4.69. The van der Waals surface area contributed by atoms with Crippen molar-refractivity contribution in [2.75, 3.05) is 0 Å². The monoisotopic (exact) mass is 432 g/mol. The second-order valence-corrected chi connectivity index (χ2v) is 51.9. The summed E-state index contributed by atoms with van der Waals surface area (Å²) in [4.78, 5) is 0. The van der Waals surface area contributed by atoms with Crippen molar-refractivity contribution >= 4 is 29.6 Å². The maximum atomic E-state index is 11.2. The highest BCUT2D eigenvalue weighted by atomic mass is 29.9. The van der Waals surface area contributed by atoms with Gasteiger partial charge in [-0.25, -0.2) is 0 Å². The van der Waals surface area contributed by atoms with E-state index in [1.165, 1.54) is 6.42 Å². The Labute approximate surface area is 168 Å². The molecule has 0 saturated heterocycles. The molecule has 1 fully saturated rings. The molecule has 0 aromatic rings. The van der Waals surface area contributed by atoms with Crippen LogP contribution in [0.2, 0.25) is 58.9 Å². The third-order valence-electron chi connectivity index (χ3n) is 6.78. The second kappa shape index (κ2) is 7.90. The van der Waals surface area contributed by atoms with Gasteiger partial charge in [-0.1, -0.05) is 85.6 Å².